The average Bonchev–Trinajstić information content (AvgIpc) is 2.76. The lowest BCUT2D eigenvalue weighted by Gasteiger charge is -2.37. The molecule has 2 aliphatic rings. The Hall–Kier alpha value is -3.10. The second kappa shape index (κ2) is 8.10. The van der Waals surface area contributed by atoms with Gasteiger partial charge in [0.2, 0.25) is 5.91 Å². The molecule has 8 nitrogen and oxygen atoms in total. The number of aromatic nitrogens is 2. The maximum Gasteiger partial charge on any atom is 0.241 e. The van der Waals surface area contributed by atoms with Gasteiger partial charge < -0.3 is 24.3 Å². The fourth-order valence-electron chi connectivity index (χ4n) is 3.68. The van der Waals surface area contributed by atoms with Crippen LogP contribution in [0.5, 0.6) is 5.75 Å². The largest absolute Gasteiger partial charge is 0.494 e. The van der Waals surface area contributed by atoms with Crippen molar-refractivity contribution in [2.24, 2.45) is 0 Å². The van der Waals surface area contributed by atoms with Gasteiger partial charge in [0.15, 0.2) is 11.6 Å². The molecule has 2 aromatic rings. The summed E-state index contributed by atoms with van der Waals surface area (Å²) in [7, 11) is 3.28. The molecule has 0 radical (unpaired) electrons. The summed E-state index contributed by atoms with van der Waals surface area (Å²) in [5, 5.41) is 0. The molecule has 2 saturated heterocycles. The van der Waals surface area contributed by atoms with Gasteiger partial charge in [0, 0.05) is 64.1 Å². The number of anilines is 3. The number of nitrogens with zero attached hydrogens (tertiary/aromatic N) is 6. The second-order valence-electron chi connectivity index (χ2n) is 7.26. The average molecular weight is 400 g/mol. The zero-order chi connectivity index (χ0) is 20.4. The Labute approximate surface area is 169 Å². The highest BCUT2D eigenvalue weighted by Gasteiger charge is 2.24. The number of carbonyl (C=O) groups is 1. The van der Waals surface area contributed by atoms with Gasteiger partial charge in [-0.3, -0.25) is 4.79 Å². The van der Waals surface area contributed by atoms with Crippen LogP contribution < -0.4 is 19.4 Å². The number of methoxy groups -OCH3 is 1. The van der Waals surface area contributed by atoms with E-state index in [-0.39, 0.29) is 17.5 Å². The summed E-state index contributed by atoms with van der Waals surface area (Å²) in [6, 6.07) is 7.00. The first kappa shape index (κ1) is 19.2. The summed E-state index contributed by atoms with van der Waals surface area (Å²) in [4.78, 5) is 28.8. The topological polar surface area (TPSA) is 65.0 Å². The number of ether oxygens (including phenoxy) is 1. The minimum absolute atomic E-state index is 0.0942. The van der Waals surface area contributed by atoms with Crippen molar-refractivity contribution in [3.05, 3.63) is 36.4 Å². The Balaban J connectivity index is 1.41. The molecule has 0 unspecified atom stereocenters. The number of halogens is 1. The predicted molar refractivity (Wildman–Crippen MR) is 109 cm³/mol. The van der Waals surface area contributed by atoms with Gasteiger partial charge in [-0.25, -0.2) is 14.4 Å². The van der Waals surface area contributed by atoms with Gasteiger partial charge in [0.25, 0.3) is 0 Å². The van der Waals surface area contributed by atoms with Gasteiger partial charge in [-0.1, -0.05) is 0 Å². The van der Waals surface area contributed by atoms with Gasteiger partial charge >= 0.3 is 0 Å². The van der Waals surface area contributed by atoms with Gasteiger partial charge in [0.1, 0.15) is 18.0 Å². The van der Waals surface area contributed by atoms with Crippen LogP contribution in [-0.2, 0) is 4.79 Å². The minimum Gasteiger partial charge on any atom is -0.494 e. The molecule has 4 rings (SSSR count). The van der Waals surface area contributed by atoms with Crippen LogP contribution in [0.3, 0.4) is 0 Å². The lowest BCUT2D eigenvalue weighted by Crippen LogP contribution is -2.49. The van der Waals surface area contributed by atoms with E-state index >= 15 is 0 Å². The highest BCUT2D eigenvalue weighted by atomic mass is 19.1. The SMILES string of the molecule is COc1ccc(N2CCN(c3cc(N4CCN(C)C(=O)C4)ncn3)CC2)cc1F. The third-order valence-corrected chi connectivity index (χ3v) is 5.52. The Kier molecular flexibility index (Phi) is 5.37. The van der Waals surface area contributed by atoms with Crippen molar-refractivity contribution in [1.29, 1.82) is 0 Å². The number of likely N-dealkylation sites (N-methyl/N-ethyl adjacent to an activating group) is 1. The van der Waals surface area contributed by atoms with E-state index in [2.05, 4.69) is 19.8 Å². The molecule has 1 aromatic carbocycles. The van der Waals surface area contributed by atoms with Crippen molar-refractivity contribution in [1.82, 2.24) is 14.9 Å². The third-order valence-electron chi connectivity index (χ3n) is 5.52. The molecule has 29 heavy (non-hydrogen) atoms. The lowest BCUT2D eigenvalue weighted by molar-refractivity contribution is -0.129. The molecule has 2 aliphatic heterocycles. The van der Waals surface area contributed by atoms with E-state index in [1.807, 2.05) is 24.1 Å². The molecule has 2 fully saturated rings. The normalized spacial score (nSPS) is 17.7. The van der Waals surface area contributed by atoms with Crippen LogP contribution in [0.15, 0.2) is 30.6 Å². The first-order valence-corrected chi connectivity index (χ1v) is 9.69. The van der Waals surface area contributed by atoms with Crippen LogP contribution >= 0.6 is 0 Å². The zero-order valence-corrected chi connectivity index (χ0v) is 16.7. The van der Waals surface area contributed by atoms with Crippen LogP contribution in [0, 0.1) is 5.82 Å². The second-order valence-corrected chi connectivity index (χ2v) is 7.26. The van der Waals surface area contributed by atoms with Crippen LogP contribution in [-0.4, -0.2) is 80.7 Å². The minimum atomic E-state index is -0.352. The van der Waals surface area contributed by atoms with E-state index in [0.29, 0.717) is 13.1 Å². The molecular weight excluding hydrogens is 375 g/mol. The van der Waals surface area contributed by atoms with Crippen molar-refractivity contribution in [3.8, 4) is 5.75 Å². The van der Waals surface area contributed by atoms with Crippen LogP contribution in [0.1, 0.15) is 0 Å². The summed E-state index contributed by atoms with van der Waals surface area (Å²) < 4.78 is 19.0. The first-order chi connectivity index (χ1) is 14.0. The summed E-state index contributed by atoms with van der Waals surface area (Å²) in [6.07, 6.45) is 1.55. The van der Waals surface area contributed by atoms with E-state index in [0.717, 1.165) is 50.0 Å². The zero-order valence-electron chi connectivity index (χ0n) is 16.7. The number of amides is 1. The smallest absolute Gasteiger partial charge is 0.241 e. The Morgan fingerprint density at radius 2 is 1.59 bits per heavy atom. The molecule has 0 bridgehead atoms. The quantitative estimate of drug-likeness (QED) is 0.765. The van der Waals surface area contributed by atoms with Crippen molar-refractivity contribution < 1.29 is 13.9 Å². The molecule has 1 aromatic heterocycles. The van der Waals surface area contributed by atoms with Gasteiger partial charge in [0.05, 0.1) is 13.7 Å². The third kappa shape index (κ3) is 4.03. The number of piperazine rings is 2. The van der Waals surface area contributed by atoms with Gasteiger partial charge in [-0.2, -0.15) is 0 Å². The maximum atomic E-state index is 14.0. The Morgan fingerprint density at radius 3 is 2.24 bits per heavy atom. The van der Waals surface area contributed by atoms with E-state index in [1.165, 1.54) is 13.2 Å². The number of hydrogen-bond acceptors (Lipinski definition) is 7. The van der Waals surface area contributed by atoms with Crippen LogP contribution in [0.4, 0.5) is 21.7 Å². The van der Waals surface area contributed by atoms with Gasteiger partial charge in [-0.15, -0.1) is 0 Å². The van der Waals surface area contributed by atoms with E-state index in [1.54, 1.807) is 17.3 Å². The standard InChI is InChI=1S/C20H25FN6O2/c1-24-5-6-27(13-20(24)28)19-12-18(22-14-23-19)26-9-7-25(8-10-26)15-3-4-17(29-2)16(21)11-15/h3-4,11-12,14H,5-10,13H2,1-2H3. The monoisotopic (exact) mass is 400 g/mol. The maximum absolute atomic E-state index is 14.0. The lowest BCUT2D eigenvalue weighted by atomic mass is 10.2. The first-order valence-electron chi connectivity index (χ1n) is 9.69. The summed E-state index contributed by atoms with van der Waals surface area (Å²) >= 11 is 0. The highest BCUT2D eigenvalue weighted by Crippen LogP contribution is 2.26. The predicted octanol–water partition coefficient (Wildman–Crippen LogP) is 1.23. The number of rotatable bonds is 4. The Morgan fingerprint density at radius 1 is 0.931 bits per heavy atom. The van der Waals surface area contributed by atoms with E-state index in [9.17, 15) is 9.18 Å². The van der Waals surface area contributed by atoms with Crippen molar-refractivity contribution in [3.63, 3.8) is 0 Å². The molecule has 1 amide bonds. The molecule has 0 N–H and O–H groups in total. The molecule has 0 aliphatic carbocycles. The summed E-state index contributed by atoms with van der Waals surface area (Å²) in [5.74, 6) is 1.62. The van der Waals surface area contributed by atoms with Crippen molar-refractivity contribution >= 4 is 23.2 Å². The fourth-order valence-corrected chi connectivity index (χ4v) is 3.68. The van der Waals surface area contributed by atoms with Crippen molar-refractivity contribution in [2.45, 2.75) is 0 Å². The molecule has 0 atom stereocenters. The van der Waals surface area contributed by atoms with Gasteiger partial charge in [-0.05, 0) is 12.1 Å². The highest BCUT2D eigenvalue weighted by molar-refractivity contribution is 5.82. The van der Waals surface area contributed by atoms with Crippen molar-refractivity contribution in [2.75, 3.05) is 74.7 Å². The number of carbonyl (C=O) groups excluding carboxylic acids is 1. The van der Waals surface area contributed by atoms with Crippen LogP contribution in [0.25, 0.3) is 0 Å². The van der Waals surface area contributed by atoms with E-state index < -0.39 is 0 Å². The summed E-state index contributed by atoms with van der Waals surface area (Å²) in [6.45, 7) is 4.85. The molecule has 3 heterocycles. The molecule has 0 saturated carbocycles. The molecular formula is C20H25FN6O2. The summed E-state index contributed by atoms with van der Waals surface area (Å²) in [5.41, 5.74) is 0.849. The number of benzene rings is 1. The fraction of sp³-hybridized carbons (Fsp3) is 0.450. The molecule has 0 spiro atoms. The molecule has 154 valence electrons. The van der Waals surface area contributed by atoms with E-state index in [4.69, 9.17) is 4.74 Å². The van der Waals surface area contributed by atoms with Crippen LogP contribution in [0.2, 0.25) is 0 Å². The number of hydrogen-bond donors (Lipinski definition) is 0. The Bertz CT molecular complexity index is 887. The molecule has 9 heteroatoms.